The molecule has 3 heterocycles. The minimum atomic E-state index is -0.855. The Morgan fingerprint density at radius 3 is 2.83 bits per heavy atom. The van der Waals surface area contributed by atoms with Gasteiger partial charge < -0.3 is 10.3 Å². The van der Waals surface area contributed by atoms with Gasteiger partial charge in [0.1, 0.15) is 11.3 Å². The number of imidazole rings is 1. The van der Waals surface area contributed by atoms with Gasteiger partial charge in [0.2, 0.25) is 0 Å². The minimum Gasteiger partial charge on any atom is -0.342 e. The van der Waals surface area contributed by atoms with Crippen LogP contribution in [0, 0.1) is 11.6 Å². The molecule has 4 rings (SSSR count). The summed E-state index contributed by atoms with van der Waals surface area (Å²) in [5.41, 5.74) is 0.694. The first-order valence-electron chi connectivity index (χ1n) is 6.32. The summed E-state index contributed by atoms with van der Waals surface area (Å²) in [6, 6.07) is 3.68. The molecular formula is C13H13F2N3. The van der Waals surface area contributed by atoms with Crippen molar-refractivity contribution >= 4 is 11.0 Å². The summed E-state index contributed by atoms with van der Waals surface area (Å²) < 4.78 is 26.8. The van der Waals surface area contributed by atoms with Gasteiger partial charge in [0.25, 0.3) is 0 Å². The van der Waals surface area contributed by atoms with E-state index in [0.717, 1.165) is 24.7 Å². The molecule has 2 fully saturated rings. The molecule has 2 aliphatic rings. The van der Waals surface area contributed by atoms with Gasteiger partial charge in [-0.15, -0.1) is 0 Å². The first-order valence-corrected chi connectivity index (χ1v) is 6.32. The highest BCUT2D eigenvalue weighted by molar-refractivity contribution is 5.76. The number of aromatic nitrogens is 2. The largest absolute Gasteiger partial charge is 0.342 e. The number of halogens is 2. The first kappa shape index (κ1) is 10.4. The first-order chi connectivity index (χ1) is 8.72. The number of nitrogens with zero attached hydrogens (tertiary/aromatic N) is 1. The lowest BCUT2D eigenvalue weighted by molar-refractivity contribution is 0.489. The van der Waals surface area contributed by atoms with Crippen LogP contribution in [0.2, 0.25) is 0 Å². The Morgan fingerprint density at radius 2 is 2.11 bits per heavy atom. The maximum atomic E-state index is 13.6. The number of benzene rings is 1. The Kier molecular flexibility index (Phi) is 2.03. The van der Waals surface area contributed by atoms with E-state index in [2.05, 4.69) is 15.3 Å². The molecule has 0 radical (unpaired) electrons. The van der Waals surface area contributed by atoms with Gasteiger partial charge in [0.15, 0.2) is 11.6 Å². The van der Waals surface area contributed by atoms with Crippen molar-refractivity contribution in [1.29, 1.82) is 0 Å². The molecule has 3 unspecified atom stereocenters. The molecule has 18 heavy (non-hydrogen) atoms. The van der Waals surface area contributed by atoms with E-state index in [-0.39, 0.29) is 5.52 Å². The fourth-order valence-corrected chi connectivity index (χ4v) is 3.34. The minimum absolute atomic E-state index is 0.118. The number of rotatable bonds is 1. The van der Waals surface area contributed by atoms with E-state index < -0.39 is 11.6 Å². The lowest BCUT2D eigenvalue weighted by atomic mass is 9.89. The second-order valence-corrected chi connectivity index (χ2v) is 5.27. The molecule has 2 aromatic rings. The Labute approximate surface area is 103 Å². The summed E-state index contributed by atoms with van der Waals surface area (Å²) in [5, 5.41) is 3.52. The summed E-state index contributed by atoms with van der Waals surface area (Å²) in [5.74, 6) is -0.606. The molecule has 0 saturated carbocycles. The van der Waals surface area contributed by atoms with E-state index in [4.69, 9.17) is 0 Å². The van der Waals surface area contributed by atoms with Gasteiger partial charge >= 0.3 is 0 Å². The Bertz CT molecular complexity index is 622. The normalized spacial score (nSPS) is 30.4. The number of fused-ring (bicyclic) bond motifs is 3. The zero-order valence-corrected chi connectivity index (χ0v) is 9.71. The van der Waals surface area contributed by atoms with E-state index in [0.29, 0.717) is 23.5 Å². The van der Waals surface area contributed by atoms with Crippen molar-refractivity contribution < 1.29 is 8.78 Å². The molecule has 3 atom stereocenters. The van der Waals surface area contributed by atoms with Crippen LogP contribution in [0.25, 0.3) is 11.0 Å². The lowest BCUT2D eigenvalue weighted by Crippen LogP contribution is -2.22. The van der Waals surface area contributed by atoms with Crippen LogP contribution < -0.4 is 5.32 Å². The maximum absolute atomic E-state index is 13.6. The van der Waals surface area contributed by atoms with Gasteiger partial charge in [-0.25, -0.2) is 13.8 Å². The van der Waals surface area contributed by atoms with Crippen LogP contribution in [0.4, 0.5) is 8.78 Å². The van der Waals surface area contributed by atoms with E-state index in [1.807, 2.05) is 0 Å². The molecule has 0 amide bonds. The van der Waals surface area contributed by atoms with Gasteiger partial charge in [0, 0.05) is 18.0 Å². The quantitative estimate of drug-likeness (QED) is 0.815. The number of hydrogen-bond acceptors (Lipinski definition) is 2. The van der Waals surface area contributed by atoms with Crippen LogP contribution in [-0.2, 0) is 0 Å². The highest BCUT2D eigenvalue weighted by Crippen LogP contribution is 2.39. The molecule has 2 N–H and O–H groups in total. The molecular weight excluding hydrogens is 236 g/mol. The van der Waals surface area contributed by atoms with E-state index in [1.54, 1.807) is 6.07 Å². The predicted octanol–water partition coefficient (Wildman–Crippen LogP) is 2.45. The van der Waals surface area contributed by atoms with Crippen molar-refractivity contribution in [2.75, 3.05) is 0 Å². The second-order valence-electron chi connectivity index (χ2n) is 5.27. The summed E-state index contributed by atoms with van der Waals surface area (Å²) in [6.07, 6.45) is 3.39. The fourth-order valence-electron chi connectivity index (χ4n) is 3.34. The van der Waals surface area contributed by atoms with Crippen LogP contribution >= 0.6 is 0 Å². The highest BCUT2D eigenvalue weighted by Gasteiger charge is 2.41. The standard InChI is InChI=1S/C13H13F2N3/c14-8-2-4-10-12(11(8)15)18-13(17-10)7-5-6-1-3-9(7)16-6/h2,4,6-7,9,16H,1,3,5H2,(H,17,18). The van der Waals surface area contributed by atoms with Crippen molar-refractivity contribution in [3.8, 4) is 0 Å². The summed E-state index contributed by atoms with van der Waals surface area (Å²) in [4.78, 5) is 7.40. The van der Waals surface area contributed by atoms with Crippen molar-refractivity contribution in [3.05, 3.63) is 29.6 Å². The number of aromatic amines is 1. The Balaban J connectivity index is 1.80. The van der Waals surface area contributed by atoms with E-state index >= 15 is 0 Å². The molecule has 1 aromatic heterocycles. The third-order valence-electron chi connectivity index (χ3n) is 4.22. The molecule has 94 valence electrons. The van der Waals surface area contributed by atoms with E-state index in [1.165, 1.54) is 6.42 Å². The third kappa shape index (κ3) is 1.34. The smallest absolute Gasteiger partial charge is 0.186 e. The highest BCUT2D eigenvalue weighted by atomic mass is 19.2. The molecule has 3 nitrogen and oxygen atoms in total. The monoisotopic (exact) mass is 249 g/mol. The van der Waals surface area contributed by atoms with Gasteiger partial charge in [-0.1, -0.05) is 0 Å². The maximum Gasteiger partial charge on any atom is 0.186 e. The van der Waals surface area contributed by atoms with Gasteiger partial charge in [-0.05, 0) is 31.4 Å². The second kappa shape index (κ2) is 3.51. The molecule has 1 aromatic carbocycles. The molecule has 0 spiro atoms. The van der Waals surface area contributed by atoms with Crippen molar-refractivity contribution in [1.82, 2.24) is 15.3 Å². The van der Waals surface area contributed by atoms with Crippen LogP contribution in [-0.4, -0.2) is 22.1 Å². The zero-order chi connectivity index (χ0) is 12.3. The van der Waals surface area contributed by atoms with Crippen molar-refractivity contribution in [2.24, 2.45) is 0 Å². The average Bonchev–Trinajstić information content (AvgIpc) is 3.06. The molecule has 0 aliphatic carbocycles. The van der Waals surface area contributed by atoms with Crippen LogP contribution in [0.15, 0.2) is 12.1 Å². The van der Waals surface area contributed by atoms with Gasteiger partial charge in [-0.2, -0.15) is 0 Å². The average molecular weight is 249 g/mol. The third-order valence-corrected chi connectivity index (χ3v) is 4.22. The van der Waals surface area contributed by atoms with Crippen LogP contribution in [0.3, 0.4) is 0 Å². The predicted molar refractivity (Wildman–Crippen MR) is 63.3 cm³/mol. The number of H-pyrrole nitrogens is 1. The fraction of sp³-hybridized carbons (Fsp3) is 0.462. The summed E-state index contributed by atoms with van der Waals surface area (Å²) in [7, 11) is 0. The zero-order valence-electron chi connectivity index (χ0n) is 9.71. The number of hydrogen-bond donors (Lipinski definition) is 2. The lowest BCUT2D eigenvalue weighted by Gasteiger charge is -2.17. The number of nitrogens with one attached hydrogen (secondary N) is 2. The Morgan fingerprint density at radius 1 is 1.22 bits per heavy atom. The van der Waals surface area contributed by atoms with Crippen molar-refractivity contribution in [3.63, 3.8) is 0 Å². The topological polar surface area (TPSA) is 40.7 Å². The summed E-state index contributed by atoms with van der Waals surface area (Å²) >= 11 is 0. The van der Waals surface area contributed by atoms with E-state index in [9.17, 15) is 8.78 Å². The Hall–Kier alpha value is -1.49. The van der Waals surface area contributed by atoms with Gasteiger partial charge in [-0.3, -0.25) is 0 Å². The SMILES string of the molecule is Fc1ccc2[nH]c(C3CC4CCC3N4)nc2c1F. The molecule has 2 bridgehead atoms. The molecule has 2 aliphatic heterocycles. The van der Waals surface area contributed by atoms with Gasteiger partial charge in [0.05, 0.1) is 5.52 Å². The van der Waals surface area contributed by atoms with Crippen LogP contribution in [0.5, 0.6) is 0 Å². The van der Waals surface area contributed by atoms with Crippen molar-refractivity contribution in [2.45, 2.75) is 37.3 Å². The van der Waals surface area contributed by atoms with Crippen LogP contribution in [0.1, 0.15) is 31.0 Å². The summed E-state index contributed by atoms with van der Waals surface area (Å²) in [6.45, 7) is 0. The molecule has 2 saturated heterocycles. The molecule has 5 heteroatoms.